The molecule has 0 aliphatic heterocycles. The molecule has 2 aromatic rings. The first-order chi connectivity index (χ1) is 9.54. The number of ketones is 1. The molecule has 0 aliphatic carbocycles. The van der Waals surface area contributed by atoms with Gasteiger partial charge in [-0.1, -0.05) is 41.4 Å². The van der Waals surface area contributed by atoms with E-state index in [4.69, 9.17) is 27.9 Å². The summed E-state index contributed by atoms with van der Waals surface area (Å²) in [5, 5.41) is 1.20. The molecule has 0 amide bonds. The summed E-state index contributed by atoms with van der Waals surface area (Å²) in [4.78, 5) is 12.1. The lowest BCUT2D eigenvalue weighted by Gasteiger charge is -2.14. The molecule has 0 fully saturated rings. The molecule has 0 aromatic heterocycles. The van der Waals surface area contributed by atoms with E-state index in [1.165, 1.54) is 0 Å². The average Bonchev–Trinajstić information content (AvgIpc) is 2.38. The summed E-state index contributed by atoms with van der Waals surface area (Å²) in [6.07, 6.45) is -0.241. The minimum absolute atomic E-state index is 0.00718. The van der Waals surface area contributed by atoms with Crippen molar-refractivity contribution in [2.24, 2.45) is 0 Å². The Bertz CT molecular complexity index is 611. The number of hydrogen-bond acceptors (Lipinski definition) is 2. The van der Waals surface area contributed by atoms with E-state index in [1.807, 2.05) is 12.1 Å². The summed E-state index contributed by atoms with van der Waals surface area (Å²) in [5.74, 6) is 0.580. The van der Waals surface area contributed by atoms with Crippen LogP contribution in [0.5, 0.6) is 5.75 Å². The smallest absolute Gasteiger partial charge is 0.177 e. The molecule has 104 valence electrons. The fraction of sp³-hybridized carbons (Fsp3) is 0.188. The Morgan fingerprint density at radius 3 is 2.40 bits per heavy atom. The highest BCUT2D eigenvalue weighted by Crippen LogP contribution is 2.19. The Balaban J connectivity index is 1.98. The van der Waals surface area contributed by atoms with E-state index >= 15 is 0 Å². The molecule has 0 bridgehead atoms. The van der Waals surface area contributed by atoms with Gasteiger partial charge in [-0.05, 0) is 42.8 Å². The van der Waals surface area contributed by atoms with Gasteiger partial charge < -0.3 is 4.74 Å². The summed E-state index contributed by atoms with van der Waals surface area (Å²) in [6, 6.07) is 14.3. The second-order valence-corrected chi connectivity index (χ2v) is 5.36. The molecule has 2 aromatic carbocycles. The fourth-order valence-electron chi connectivity index (χ4n) is 1.80. The van der Waals surface area contributed by atoms with Crippen LogP contribution in [0.25, 0.3) is 0 Å². The molecule has 0 heterocycles. The highest BCUT2D eigenvalue weighted by Gasteiger charge is 2.15. The topological polar surface area (TPSA) is 26.3 Å². The summed E-state index contributed by atoms with van der Waals surface area (Å²) < 4.78 is 5.59. The highest BCUT2D eigenvalue weighted by molar-refractivity contribution is 6.31. The van der Waals surface area contributed by atoms with Crippen molar-refractivity contribution in [2.75, 3.05) is 0 Å². The number of ether oxygens (including phenoxy) is 1. The molecule has 20 heavy (non-hydrogen) atoms. The van der Waals surface area contributed by atoms with Crippen LogP contribution in [0, 0.1) is 0 Å². The zero-order valence-corrected chi connectivity index (χ0v) is 12.5. The van der Waals surface area contributed by atoms with Gasteiger partial charge in [-0.25, -0.2) is 0 Å². The Morgan fingerprint density at radius 2 is 1.75 bits per heavy atom. The second-order valence-electron chi connectivity index (χ2n) is 4.49. The fourth-order valence-corrected chi connectivity index (χ4v) is 2.20. The van der Waals surface area contributed by atoms with Crippen LogP contribution in [0.15, 0.2) is 48.5 Å². The van der Waals surface area contributed by atoms with E-state index in [0.717, 1.165) is 5.56 Å². The number of carbonyl (C=O) groups is 1. The summed E-state index contributed by atoms with van der Waals surface area (Å²) in [5.41, 5.74) is 0.879. The predicted molar refractivity (Wildman–Crippen MR) is 81.7 cm³/mol. The average molecular weight is 309 g/mol. The first kappa shape index (κ1) is 14.9. The lowest BCUT2D eigenvalue weighted by Crippen LogP contribution is -2.25. The third kappa shape index (κ3) is 4.26. The van der Waals surface area contributed by atoms with Gasteiger partial charge >= 0.3 is 0 Å². The second kappa shape index (κ2) is 6.78. The van der Waals surface area contributed by atoms with Gasteiger partial charge in [0.2, 0.25) is 0 Å². The lowest BCUT2D eigenvalue weighted by atomic mass is 10.1. The molecule has 0 aliphatic rings. The third-order valence-electron chi connectivity index (χ3n) is 2.83. The van der Waals surface area contributed by atoms with E-state index in [1.54, 1.807) is 43.3 Å². The number of carbonyl (C=O) groups excluding carboxylic acids is 1. The standard InChI is InChI=1S/C16H14Cl2O2/c1-11(20-15-7-3-6-14(18)10-15)16(19)9-12-4-2-5-13(17)8-12/h2-8,10-11H,9H2,1H3. The molecular formula is C16H14Cl2O2. The van der Waals surface area contributed by atoms with Crippen molar-refractivity contribution in [1.29, 1.82) is 0 Å². The molecule has 0 spiro atoms. The molecule has 0 saturated carbocycles. The molecular weight excluding hydrogens is 295 g/mol. The summed E-state index contributed by atoms with van der Waals surface area (Å²) in [7, 11) is 0. The maximum Gasteiger partial charge on any atom is 0.177 e. The normalized spacial score (nSPS) is 11.9. The Labute approximate surface area is 128 Å². The van der Waals surface area contributed by atoms with Crippen LogP contribution in [-0.2, 0) is 11.2 Å². The van der Waals surface area contributed by atoms with Gasteiger partial charge in [-0.15, -0.1) is 0 Å². The van der Waals surface area contributed by atoms with Gasteiger partial charge in [-0.3, -0.25) is 4.79 Å². The number of benzene rings is 2. The Hall–Kier alpha value is -1.51. The molecule has 1 unspecified atom stereocenters. The minimum Gasteiger partial charge on any atom is -0.483 e. The quantitative estimate of drug-likeness (QED) is 0.808. The van der Waals surface area contributed by atoms with Crippen molar-refractivity contribution >= 4 is 29.0 Å². The first-order valence-electron chi connectivity index (χ1n) is 6.24. The number of rotatable bonds is 5. The summed E-state index contributed by atoms with van der Waals surface area (Å²) >= 11 is 11.8. The molecule has 4 heteroatoms. The van der Waals surface area contributed by atoms with Crippen molar-refractivity contribution in [2.45, 2.75) is 19.4 Å². The number of hydrogen-bond donors (Lipinski definition) is 0. The van der Waals surface area contributed by atoms with E-state index in [2.05, 4.69) is 0 Å². The van der Waals surface area contributed by atoms with Crippen molar-refractivity contribution in [3.05, 3.63) is 64.1 Å². The van der Waals surface area contributed by atoms with E-state index in [9.17, 15) is 4.79 Å². The highest BCUT2D eigenvalue weighted by atomic mass is 35.5. The third-order valence-corrected chi connectivity index (χ3v) is 3.30. The number of halogens is 2. The maximum atomic E-state index is 12.1. The van der Waals surface area contributed by atoms with Gasteiger partial charge in [0.15, 0.2) is 11.9 Å². The largest absolute Gasteiger partial charge is 0.483 e. The molecule has 0 N–H and O–H groups in total. The van der Waals surface area contributed by atoms with Crippen LogP contribution < -0.4 is 4.74 Å². The zero-order valence-electron chi connectivity index (χ0n) is 11.0. The molecule has 2 nitrogen and oxygen atoms in total. The van der Waals surface area contributed by atoms with Crippen molar-refractivity contribution in [1.82, 2.24) is 0 Å². The van der Waals surface area contributed by atoms with Crippen molar-refractivity contribution in [3.8, 4) is 5.75 Å². The zero-order chi connectivity index (χ0) is 14.5. The molecule has 2 rings (SSSR count). The van der Waals surface area contributed by atoms with Crippen LogP contribution >= 0.6 is 23.2 Å². The monoisotopic (exact) mass is 308 g/mol. The van der Waals surface area contributed by atoms with E-state index in [0.29, 0.717) is 22.2 Å². The first-order valence-corrected chi connectivity index (χ1v) is 6.99. The number of Topliss-reactive ketones (excluding diaryl/α,β-unsaturated/α-hetero) is 1. The van der Waals surface area contributed by atoms with Gasteiger partial charge in [0.1, 0.15) is 5.75 Å². The van der Waals surface area contributed by atoms with E-state index < -0.39 is 6.10 Å². The van der Waals surface area contributed by atoms with Crippen LogP contribution in [0.2, 0.25) is 10.0 Å². The van der Waals surface area contributed by atoms with Gasteiger partial charge in [0.25, 0.3) is 0 Å². The molecule has 0 saturated heterocycles. The Kier molecular flexibility index (Phi) is 5.05. The van der Waals surface area contributed by atoms with Crippen LogP contribution in [0.1, 0.15) is 12.5 Å². The molecule has 0 radical (unpaired) electrons. The van der Waals surface area contributed by atoms with Crippen molar-refractivity contribution in [3.63, 3.8) is 0 Å². The lowest BCUT2D eigenvalue weighted by molar-refractivity contribution is -0.124. The van der Waals surface area contributed by atoms with Gasteiger partial charge in [0.05, 0.1) is 0 Å². The van der Waals surface area contributed by atoms with Crippen LogP contribution in [-0.4, -0.2) is 11.9 Å². The minimum atomic E-state index is -0.535. The summed E-state index contributed by atoms with van der Waals surface area (Å²) in [6.45, 7) is 1.73. The van der Waals surface area contributed by atoms with Crippen molar-refractivity contribution < 1.29 is 9.53 Å². The maximum absolute atomic E-state index is 12.1. The van der Waals surface area contributed by atoms with Crippen LogP contribution in [0.3, 0.4) is 0 Å². The SMILES string of the molecule is CC(Oc1cccc(Cl)c1)C(=O)Cc1cccc(Cl)c1. The predicted octanol–water partition coefficient (Wildman–Crippen LogP) is 4.57. The Morgan fingerprint density at radius 1 is 1.10 bits per heavy atom. The van der Waals surface area contributed by atoms with Crippen LogP contribution in [0.4, 0.5) is 0 Å². The van der Waals surface area contributed by atoms with Gasteiger partial charge in [0, 0.05) is 16.5 Å². The van der Waals surface area contributed by atoms with E-state index in [-0.39, 0.29) is 5.78 Å². The molecule has 1 atom stereocenters. The van der Waals surface area contributed by atoms with Gasteiger partial charge in [-0.2, -0.15) is 0 Å².